The molecule has 0 radical (unpaired) electrons. The van der Waals surface area contributed by atoms with Crippen LogP contribution in [0.2, 0.25) is 0 Å². The first-order valence-electron chi connectivity index (χ1n) is 15.4. The molecule has 47 heavy (non-hydrogen) atoms. The number of ether oxygens (including phenoxy) is 1. The van der Waals surface area contributed by atoms with Gasteiger partial charge in [-0.2, -0.15) is 0 Å². The Balaban J connectivity index is 1.20. The number of carbonyl (C=O) groups is 4. The maximum atomic E-state index is 13.9. The Labute approximate surface area is 268 Å². The Morgan fingerprint density at radius 2 is 0.787 bits per heavy atom. The minimum absolute atomic E-state index is 0.142. The minimum Gasteiger partial charge on any atom is -0.497 e. The molecule has 2 heterocycles. The van der Waals surface area contributed by atoms with Gasteiger partial charge in [-0.3, -0.25) is 29.0 Å². The summed E-state index contributed by atoms with van der Waals surface area (Å²) in [5.41, 5.74) is 4.72. The molecule has 0 fully saturated rings. The van der Waals surface area contributed by atoms with Crippen molar-refractivity contribution in [2.45, 2.75) is 20.0 Å². The van der Waals surface area contributed by atoms with Crippen molar-refractivity contribution in [3.8, 4) is 5.75 Å². The predicted molar refractivity (Wildman–Crippen MR) is 180 cm³/mol. The molecule has 4 amide bonds. The van der Waals surface area contributed by atoms with Crippen molar-refractivity contribution in [3.05, 3.63) is 136 Å². The second-order valence-electron chi connectivity index (χ2n) is 12.4. The molecular formula is C40H26N2O5. The van der Waals surface area contributed by atoms with E-state index in [2.05, 4.69) is 0 Å². The van der Waals surface area contributed by atoms with Gasteiger partial charge in [0.05, 0.1) is 20.2 Å². The number of hydrogen-bond acceptors (Lipinski definition) is 5. The summed E-state index contributed by atoms with van der Waals surface area (Å²) in [5.74, 6) is -0.638. The summed E-state index contributed by atoms with van der Waals surface area (Å²) in [6.07, 6.45) is 0. The quantitative estimate of drug-likeness (QED) is 0.113. The highest BCUT2D eigenvalue weighted by molar-refractivity contribution is 6.41. The number of nitrogens with zero attached hydrogens (tertiary/aromatic N) is 2. The van der Waals surface area contributed by atoms with E-state index in [9.17, 15) is 19.2 Å². The molecule has 0 saturated heterocycles. The fourth-order valence-electron chi connectivity index (χ4n) is 7.44. The molecule has 0 atom stereocenters. The van der Waals surface area contributed by atoms with Crippen molar-refractivity contribution in [3.63, 3.8) is 0 Å². The first kappa shape index (κ1) is 27.2. The van der Waals surface area contributed by atoms with E-state index in [4.69, 9.17) is 4.74 Å². The molecule has 9 rings (SSSR count). The van der Waals surface area contributed by atoms with E-state index in [1.165, 1.54) is 9.80 Å². The molecule has 0 spiro atoms. The van der Waals surface area contributed by atoms with Crippen LogP contribution in [0.25, 0.3) is 43.1 Å². The van der Waals surface area contributed by atoms with Crippen molar-refractivity contribution in [1.29, 1.82) is 0 Å². The van der Waals surface area contributed by atoms with Crippen LogP contribution in [0.3, 0.4) is 0 Å². The topological polar surface area (TPSA) is 84.0 Å². The normalized spacial score (nSPS) is 14.4. The number of benzene rings is 7. The number of imide groups is 2. The van der Waals surface area contributed by atoms with Crippen molar-refractivity contribution >= 4 is 66.7 Å². The molecule has 226 valence electrons. The fourth-order valence-corrected chi connectivity index (χ4v) is 7.44. The molecule has 0 unspecified atom stereocenters. The molecule has 0 saturated carbocycles. The number of fused-ring (bicyclic) bond motifs is 2. The molecule has 7 heteroatoms. The summed E-state index contributed by atoms with van der Waals surface area (Å²) in [5, 5.41) is 6.40. The van der Waals surface area contributed by atoms with Gasteiger partial charge >= 0.3 is 0 Å². The van der Waals surface area contributed by atoms with Crippen LogP contribution in [-0.2, 0) is 13.1 Å². The maximum Gasteiger partial charge on any atom is 0.261 e. The van der Waals surface area contributed by atoms with E-state index in [1.807, 2.05) is 79.7 Å². The monoisotopic (exact) mass is 614 g/mol. The summed E-state index contributed by atoms with van der Waals surface area (Å²) >= 11 is 0. The van der Waals surface area contributed by atoms with Crippen LogP contribution in [0.5, 0.6) is 5.75 Å². The molecule has 7 nitrogen and oxygen atoms in total. The van der Waals surface area contributed by atoms with E-state index in [-0.39, 0.29) is 36.7 Å². The number of carbonyl (C=O) groups excluding carboxylic acids is 4. The van der Waals surface area contributed by atoms with Crippen LogP contribution in [0.4, 0.5) is 0 Å². The van der Waals surface area contributed by atoms with Gasteiger partial charge in [-0.05, 0) is 86.8 Å². The number of methoxy groups -OCH3 is 1. The number of rotatable bonds is 5. The van der Waals surface area contributed by atoms with Crippen LogP contribution in [0, 0.1) is 6.92 Å². The van der Waals surface area contributed by atoms with Gasteiger partial charge in [0.1, 0.15) is 5.75 Å². The van der Waals surface area contributed by atoms with Crippen LogP contribution >= 0.6 is 0 Å². The van der Waals surface area contributed by atoms with Crippen LogP contribution in [-0.4, -0.2) is 40.5 Å². The third kappa shape index (κ3) is 3.74. The molecule has 7 aromatic carbocycles. The van der Waals surface area contributed by atoms with Gasteiger partial charge in [0.2, 0.25) is 0 Å². The molecular weight excluding hydrogens is 588 g/mol. The summed E-state index contributed by atoms with van der Waals surface area (Å²) in [7, 11) is 1.59. The summed E-state index contributed by atoms with van der Waals surface area (Å²) in [6.45, 7) is 2.33. The zero-order valence-electron chi connectivity index (χ0n) is 25.6. The second kappa shape index (κ2) is 9.71. The first-order chi connectivity index (χ1) is 22.8. The van der Waals surface area contributed by atoms with E-state index in [1.54, 1.807) is 31.4 Å². The molecule has 0 bridgehead atoms. The molecule has 2 aliphatic heterocycles. The third-order valence-electron chi connectivity index (χ3n) is 9.76. The Morgan fingerprint density at radius 1 is 0.447 bits per heavy atom. The Bertz CT molecular complexity index is 2410. The molecule has 2 aliphatic rings. The highest BCUT2D eigenvalue weighted by Gasteiger charge is 2.37. The zero-order valence-corrected chi connectivity index (χ0v) is 25.6. The highest BCUT2D eigenvalue weighted by Crippen LogP contribution is 2.46. The lowest BCUT2D eigenvalue weighted by Crippen LogP contribution is -2.40. The standard InChI is InChI=1S/C40H26N2O5/c1-21-3-5-22(6-4-21)19-41-37(43)29-15-11-25-27-13-17-31-36-32(40(46)42(39(31)45)20-23-7-9-24(47-2)10-8-23)18-14-28(34(27)36)26-12-16-30(38(41)44)35(29)33(25)26/h3-18H,19-20H2,1-2H3. The number of aryl methyl sites for hydroxylation is 1. The minimum atomic E-state index is -0.345. The van der Waals surface area contributed by atoms with Gasteiger partial charge in [0.25, 0.3) is 23.6 Å². The average molecular weight is 615 g/mol. The Morgan fingerprint density at radius 3 is 1.13 bits per heavy atom. The number of hydrogen-bond donors (Lipinski definition) is 0. The lowest BCUT2D eigenvalue weighted by atomic mass is 9.82. The first-order valence-corrected chi connectivity index (χ1v) is 15.4. The van der Waals surface area contributed by atoms with Gasteiger partial charge in [-0.15, -0.1) is 0 Å². The lowest BCUT2D eigenvalue weighted by Gasteiger charge is -2.30. The van der Waals surface area contributed by atoms with Gasteiger partial charge in [0, 0.05) is 33.0 Å². The second-order valence-corrected chi connectivity index (χ2v) is 12.4. The third-order valence-corrected chi connectivity index (χ3v) is 9.76. The van der Waals surface area contributed by atoms with E-state index in [0.29, 0.717) is 38.8 Å². The van der Waals surface area contributed by atoms with Gasteiger partial charge in [-0.1, -0.05) is 66.2 Å². The van der Waals surface area contributed by atoms with Crippen molar-refractivity contribution in [1.82, 2.24) is 9.80 Å². The van der Waals surface area contributed by atoms with Gasteiger partial charge in [0.15, 0.2) is 0 Å². The van der Waals surface area contributed by atoms with E-state index >= 15 is 0 Å². The largest absolute Gasteiger partial charge is 0.497 e. The molecule has 0 N–H and O–H groups in total. The van der Waals surface area contributed by atoms with Crippen molar-refractivity contribution in [2.24, 2.45) is 0 Å². The van der Waals surface area contributed by atoms with Gasteiger partial charge in [-0.25, -0.2) is 0 Å². The van der Waals surface area contributed by atoms with Crippen LogP contribution in [0.15, 0.2) is 97.1 Å². The smallest absolute Gasteiger partial charge is 0.261 e. The molecule has 0 aliphatic carbocycles. The van der Waals surface area contributed by atoms with Crippen LogP contribution < -0.4 is 4.74 Å². The maximum absolute atomic E-state index is 13.9. The fraction of sp³-hybridized carbons (Fsp3) is 0.100. The summed E-state index contributed by atoms with van der Waals surface area (Å²) in [4.78, 5) is 58.1. The van der Waals surface area contributed by atoms with Crippen molar-refractivity contribution in [2.75, 3.05) is 7.11 Å². The van der Waals surface area contributed by atoms with Crippen LogP contribution in [0.1, 0.15) is 58.1 Å². The lowest BCUT2D eigenvalue weighted by molar-refractivity contribution is 0.0583. The van der Waals surface area contributed by atoms with E-state index in [0.717, 1.165) is 49.0 Å². The van der Waals surface area contributed by atoms with E-state index < -0.39 is 0 Å². The number of amides is 4. The average Bonchev–Trinajstić information content (AvgIpc) is 3.10. The zero-order chi connectivity index (χ0) is 32.1. The van der Waals surface area contributed by atoms with Gasteiger partial charge < -0.3 is 4.74 Å². The summed E-state index contributed by atoms with van der Waals surface area (Å²) in [6, 6.07) is 30.0. The predicted octanol–water partition coefficient (Wildman–Crippen LogP) is 7.65. The van der Waals surface area contributed by atoms with Crippen molar-refractivity contribution < 1.29 is 23.9 Å². The molecule has 7 aromatic rings. The SMILES string of the molecule is COc1ccc(CN2C(=O)c3ccc4c5ccc6c7c(ccc(c8ccc(c3c48)C2=O)c75)C(=O)N(Cc2ccc(C)cc2)C6=O)cc1. The summed E-state index contributed by atoms with van der Waals surface area (Å²) < 4.78 is 5.25. The Kier molecular flexibility index (Phi) is 5.63. The molecule has 0 aromatic heterocycles. The Hall–Kier alpha value is -6.08. The highest BCUT2D eigenvalue weighted by atomic mass is 16.5.